The molecule has 1 saturated carbocycles. The van der Waals surface area contributed by atoms with E-state index in [4.69, 9.17) is 4.74 Å². The van der Waals surface area contributed by atoms with Crippen molar-refractivity contribution in [3.05, 3.63) is 35.9 Å². The fraction of sp³-hybridized carbons (Fsp3) is 0.562. The van der Waals surface area contributed by atoms with E-state index in [1.807, 2.05) is 36.9 Å². The van der Waals surface area contributed by atoms with Gasteiger partial charge in [-0.2, -0.15) is 0 Å². The molecule has 0 radical (unpaired) electrons. The summed E-state index contributed by atoms with van der Waals surface area (Å²) in [6.07, 6.45) is 2.24. The molecule has 20 heavy (non-hydrogen) atoms. The van der Waals surface area contributed by atoms with Gasteiger partial charge in [0, 0.05) is 12.6 Å². The van der Waals surface area contributed by atoms with Crippen molar-refractivity contribution in [2.24, 2.45) is 0 Å². The van der Waals surface area contributed by atoms with Crippen LogP contribution in [0.5, 0.6) is 0 Å². The zero-order valence-corrected chi connectivity index (χ0v) is 12.1. The third-order valence-electron chi connectivity index (χ3n) is 4.29. The minimum absolute atomic E-state index is 0.00581. The molecule has 1 aromatic rings. The van der Waals surface area contributed by atoms with Crippen molar-refractivity contribution in [1.82, 2.24) is 10.2 Å². The summed E-state index contributed by atoms with van der Waals surface area (Å²) in [5.74, 6) is 0.207. The van der Waals surface area contributed by atoms with Crippen LogP contribution in [0.1, 0.15) is 38.4 Å². The Labute approximate surface area is 120 Å². The van der Waals surface area contributed by atoms with Gasteiger partial charge in [-0.3, -0.25) is 10.1 Å². The highest BCUT2D eigenvalue weighted by molar-refractivity contribution is 5.84. The van der Waals surface area contributed by atoms with E-state index >= 15 is 0 Å². The fourth-order valence-electron chi connectivity index (χ4n) is 3.16. The van der Waals surface area contributed by atoms with Crippen molar-refractivity contribution in [1.29, 1.82) is 0 Å². The maximum absolute atomic E-state index is 12.4. The van der Waals surface area contributed by atoms with E-state index in [1.54, 1.807) is 0 Å². The van der Waals surface area contributed by atoms with Crippen LogP contribution in [0, 0.1) is 0 Å². The number of nitrogens with zero attached hydrogens (tertiary/aromatic N) is 1. The Kier molecular flexibility index (Phi) is 3.76. The number of rotatable bonds is 4. The molecule has 4 nitrogen and oxygen atoms in total. The lowest BCUT2D eigenvalue weighted by Crippen LogP contribution is -2.50. The quantitative estimate of drug-likeness (QED) is 0.914. The van der Waals surface area contributed by atoms with Gasteiger partial charge in [-0.15, -0.1) is 0 Å². The molecule has 1 amide bonds. The summed E-state index contributed by atoms with van der Waals surface area (Å²) in [4.78, 5) is 14.4. The van der Waals surface area contributed by atoms with Gasteiger partial charge < -0.3 is 9.64 Å². The molecule has 3 rings (SSSR count). The first-order chi connectivity index (χ1) is 9.70. The van der Waals surface area contributed by atoms with Gasteiger partial charge in [-0.05, 0) is 32.3 Å². The van der Waals surface area contributed by atoms with Crippen molar-refractivity contribution < 1.29 is 9.53 Å². The number of carbonyl (C=O) groups is 1. The smallest absolute Gasteiger partial charge is 0.241 e. The Morgan fingerprint density at radius 2 is 2.00 bits per heavy atom. The molecule has 4 heteroatoms. The van der Waals surface area contributed by atoms with Gasteiger partial charge >= 0.3 is 0 Å². The summed E-state index contributed by atoms with van der Waals surface area (Å²) in [5.41, 5.74) is 1.16. The molecule has 0 spiro atoms. The SMILES string of the molecule is CCOC1CC(N2C(=O)C(C)NC2c2ccccc2)C1. The first-order valence-electron chi connectivity index (χ1n) is 7.45. The molecule has 1 saturated heterocycles. The zero-order chi connectivity index (χ0) is 14.1. The number of benzene rings is 1. The first-order valence-corrected chi connectivity index (χ1v) is 7.45. The molecule has 2 unspecified atom stereocenters. The molecule has 1 heterocycles. The predicted octanol–water partition coefficient (Wildman–Crippen LogP) is 2.07. The summed E-state index contributed by atoms with van der Waals surface area (Å²) in [7, 11) is 0. The molecule has 1 aliphatic heterocycles. The standard InChI is InChI=1S/C16H22N2O2/c1-3-20-14-9-13(10-14)18-15(17-11(2)16(18)19)12-7-5-4-6-8-12/h4-8,11,13-15,17H,3,9-10H2,1-2H3. The van der Waals surface area contributed by atoms with Crippen LogP contribution in [0.25, 0.3) is 0 Å². The van der Waals surface area contributed by atoms with Gasteiger partial charge in [0.1, 0.15) is 6.17 Å². The maximum atomic E-state index is 12.4. The van der Waals surface area contributed by atoms with Crippen molar-refractivity contribution in [2.75, 3.05) is 6.61 Å². The van der Waals surface area contributed by atoms with E-state index in [9.17, 15) is 4.79 Å². The second-order valence-corrected chi connectivity index (χ2v) is 5.65. The van der Waals surface area contributed by atoms with Gasteiger partial charge in [0.05, 0.1) is 12.1 Å². The van der Waals surface area contributed by atoms with Crippen LogP contribution in [-0.4, -0.2) is 35.6 Å². The lowest BCUT2D eigenvalue weighted by molar-refractivity contribution is -0.138. The van der Waals surface area contributed by atoms with Gasteiger partial charge in [-0.25, -0.2) is 0 Å². The summed E-state index contributed by atoms with van der Waals surface area (Å²) in [6, 6.07) is 10.4. The van der Waals surface area contributed by atoms with Crippen LogP contribution < -0.4 is 5.32 Å². The second-order valence-electron chi connectivity index (χ2n) is 5.65. The molecule has 1 aliphatic carbocycles. The number of amides is 1. The number of nitrogens with one attached hydrogen (secondary N) is 1. The number of ether oxygens (including phenoxy) is 1. The third kappa shape index (κ3) is 2.34. The highest BCUT2D eigenvalue weighted by Crippen LogP contribution is 2.36. The highest BCUT2D eigenvalue weighted by atomic mass is 16.5. The summed E-state index contributed by atoms with van der Waals surface area (Å²) in [6.45, 7) is 4.71. The number of hydrogen-bond acceptors (Lipinski definition) is 3. The third-order valence-corrected chi connectivity index (χ3v) is 4.29. The molecule has 2 atom stereocenters. The van der Waals surface area contributed by atoms with E-state index < -0.39 is 0 Å². The molecule has 1 aromatic carbocycles. The molecule has 2 fully saturated rings. The van der Waals surface area contributed by atoms with Crippen molar-refractivity contribution in [3.8, 4) is 0 Å². The van der Waals surface area contributed by atoms with Gasteiger partial charge in [-0.1, -0.05) is 30.3 Å². The van der Waals surface area contributed by atoms with E-state index in [0.29, 0.717) is 12.1 Å². The van der Waals surface area contributed by atoms with Gasteiger partial charge in [0.2, 0.25) is 5.91 Å². The average molecular weight is 274 g/mol. The largest absolute Gasteiger partial charge is 0.378 e. The Bertz CT molecular complexity index is 471. The molecule has 108 valence electrons. The highest BCUT2D eigenvalue weighted by Gasteiger charge is 2.45. The second kappa shape index (κ2) is 5.54. The van der Waals surface area contributed by atoms with Crippen LogP contribution in [0.15, 0.2) is 30.3 Å². The van der Waals surface area contributed by atoms with Crippen LogP contribution in [0.4, 0.5) is 0 Å². The zero-order valence-electron chi connectivity index (χ0n) is 12.1. The summed E-state index contributed by atoms with van der Waals surface area (Å²) >= 11 is 0. The Hall–Kier alpha value is -1.39. The van der Waals surface area contributed by atoms with E-state index in [1.165, 1.54) is 0 Å². The van der Waals surface area contributed by atoms with Crippen LogP contribution in [0.3, 0.4) is 0 Å². The molecular weight excluding hydrogens is 252 g/mol. The number of hydrogen-bond donors (Lipinski definition) is 1. The minimum Gasteiger partial charge on any atom is -0.378 e. The Balaban J connectivity index is 1.75. The number of carbonyl (C=O) groups excluding carboxylic acids is 1. The van der Waals surface area contributed by atoms with Gasteiger partial charge in [0.25, 0.3) is 0 Å². The summed E-state index contributed by atoms with van der Waals surface area (Å²) in [5, 5.41) is 3.40. The monoisotopic (exact) mass is 274 g/mol. The molecule has 1 N–H and O–H groups in total. The Morgan fingerprint density at radius 3 is 2.65 bits per heavy atom. The fourth-order valence-corrected chi connectivity index (χ4v) is 3.16. The molecule has 0 bridgehead atoms. The normalized spacial score (nSPS) is 33.3. The Morgan fingerprint density at radius 1 is 1.30 bits per heavy atom. The van der Waals surface area contributed by atoms with Gasteiger partial charge in [0.15, 0.2) is 0 Å². The minimum atomic E-state index is -0.105. The molecule has 2 aliphatic rings. The van der Waals surface area contributed by atoms with Crippen LogP contribution in [-0.2, 0) is 9.53 Å². The van der Waals surface area contributed by atoms with Crippen molar-refractivity contribution in [2.45, 2.75) is 51.0 Å². The van der Waals surface area contributed by atoms with E-state index in [2.05, 4.69) is 17.4 Å². The average Bonchev–Trinajstić information content (AvgIpc) is 2.71. The van der Waals surface area contributed by atoms with Crippen LogP contribution in [0.2, 0.25) is 0 Å². The summed E-state index contributed by atoms with van der Waals surface area (Å²) < 4.78 is 5.61. The van der Waals surface area contributed by atoms with Crippen molar-refractivity contribution >= 4 is 5.91 Å². The molecule has 0 aromatic heterocycles. The van der Waals surface area contributed by atoms with Crippen LogP contribution >= 0.6 is 0 Å². The van der Waals surface area contributed by atoms with Crippen molar-refractivity contribution in [3.63, 3.8) is 0 Å². The predicted molar refractivity (Wildman–Crippen MR) is 77.1 cm³/mol. The topological polar surface area (TPSA) is 41.6 Å². The van der Waals surface area contributed by atoms with E-state index in [-0.39, 0.29) is 18.1 Å². The van der Waals surface area contributed by atoms with E-state index in [0.717, 1.165) is 25.0 Å². The maximum Gasteiger partial charge on any atom is 0.241 e. The lowest BCUT2D eigenvalue weighted by Gasteiger charge is -2.43. The molecular formula is C16H22N2O2. The lowest BCUT2D eigenvalue weighted by atomic mass is 9.87. The first kappa shape index (κ1) is 13.6.